The number of thiazole rings is 2. The van der Waals surface area contributed by atoms with E-state index in [2.05, 4.69) is 26.4 Å². The molecule has 5 nitrogen and oxygen atoms in total. The summed E-state index contributed by atoms with van der Waals surface area (Å²) < 4.78 is 1.20. The van der Waals surface area contributed by atoms with Crippen molar-refractivity contribution in [1.29, 1.82) is 0 Å². The van der Waals surface area contributed by atoms with Gasteiger partial charge in [-0.25, -0.2) is 14.8 Å². The van der Waals surface area contributed by atoms with Gasteiger partial charge in [-0.1, -0.05) is 18.2 Å². The highest BCUT2D eigenvalue weighted by Gasteiger charge is 2.10. The van der Waals surface area contributed by atoms with Gasteiger partial charge in [0.25, 0.3) is 0 Å². The van der Waals surface area contributed by atoms with E-state index in [1.54, 1.807) is 22.7 Å². The minimum Gasteiger partial charge on any atom is -0.306 e. The van der Waals surface area contributed by atoms with Gasteiger partial charge in [0, 0.05) is 10.9 Å². The van der Waals surface area contributed by atoms with Crippen LogP contribution in [0.5, 0.6) is 0 Å². The van der Waals surface area contributed by atoms with Crippen molar-refractivity contribution in [3.63, 3.8) is 0 Å². The molecule has 0 fully saturated rings. The fraction of sp³-hybridized carbons (Fsp3) is 0.0556. The molecule has 0 aliphatic heterocycles. The molecule has 5 aromatic rings. The van der Waals surface area contributed by atoms with E-state index >= 15 is 0 Å². The van der Waals surface area contributed by atoms with Crippen LogP contribution >= 0.6 is 22.7 Å². The quantitative estimate of drug-likeness (QED) is 0.504. The Kier molecular flexibility index (Phi) is 3.29. The molecular weight excluding hydrogens is 352 g/mol. The van der Waals surface area contributed by atoms with Crippen molar-refractivity contribution in [2.24, 2.45) is 0 Å². The maximum Gasteiger partial charge on any atom is 0.323 e. The molecule has 2 N–H and O–H groups in total. The number of fused-ring (bicyclic) bond motifs is 2. The van der Waals surface area contributed by atoms with E-state index in [-0.39, 0.29) is 5.69 Å². The zero-order valence-corrected chi connectivity index (χ0v) is 14.6. The van der Waals surface area contributed by atoms with E-state index in [9.17, 15) is 4.79 Å². The van der Waals surface area contributed by atoms with Crippen molar-refractivity contribution in [2.75, 3.05) is 0 Å². The standard InChI is InChI=1S/C18H12N4OS2/c23-18-21-11-6-5-10(7-13(11)22-18)14-9-24-16(20-14)8-17-19-12-3-1-2-4-15(12)25-17/h1-7,9H,8H2,(H2,21,22,23). The molecule has 3 aromatic heterocycles. The average molecular weight is 364 g/mol. The number of aromatic nitrogens is 4. The maximum atomic E-state index is 11.4. The van der Waals surface area contributed by atoms with Crippen LogP contribution in [0.15, 0.2) is 52.6 Å². The molecule has 122 valence electrons. The molecule has 2 aromatic carbocycles. The molecule has 0 saturated heterocycles. The Bertz CT molecular complexity index is 1230. The molecule has 0 atom stereocenters. The van der Waals surface area contributed by atoms with Crippen LogP contribution in [0.2, 0.25) is 0 Å². The van der Waals surface area contributed by atoms with E-state index in [0.29, 0.717) is 0 Å². The Morgan fingerprint density at radius 1 is 0.960 bits per heavy atom. The second-order valence-electron chi connectivity index (χ2n) is 5.72. The second kappa shape index (κ2) is 5.65. The number of para-hydroxylation sites is 1. The van der Waals surface area contributed by atoms with Crippen LogP contribution in [0, 0.1) is 0 Å². The summed E-state index contributed by atoms with van der Waals surface area (Å²) in [6, 6.07) is 14.0. The fourth-order valence-corrected chi connectivity index (χ4v) is 4.71. The molecule has 0 aliphatic rings. The molecule has 0 unspecified atom stereocenters. The van der Waals surface area contributed by atoms with Gasteiger partial charge in [-0.2, -0.15) is 0 Å². The van der Waals surface area contributed by atoms with Gasteiger partial charge in [-0.15, -0.1) is 22.7 Å². The summed E-state index contributed by atoms with van der Waals surface area (Å²) in [7, 11) is 0. The van der Waals surface area contributed by atoms with Gasteiger partial charge in [0.2, 0.25) is 0 Å². The molecule has 5 rings (SSSR count). The molecule has 0 amide bonds. The summed E-state index contributed by atoms with van der Waals surface area (Å²) in [5.74, 6) is 0. The molecule has 25 heavy (non-hydrogen) atoms. The third-order valence-corrected chi connectivity index (χ3v) is 5.89. The molecule has 0 spiro atoms. The minimum absolute atomic E-state index is 0.193. The lowest BCUT2D eigenvalue weighted by atomic mass is 10.1. The monoisotopic (exact) mass is 364 g/mol. The van der Waals surface area contributed by atoms with E-state index in [4.69, 9.17) is 4.98 Å². The molecule has 7 heteroatoms. The number of imidazole rings is 1. The first-order valence-electron chi connectivity index (χ1n) is 7.76. The highest BCUT2D eigenvalue weighted by Crippen LogP contribution is 2.28. The smallest absolute Gasteiger partial charge is 0.306 e. The third-order valence-electron chi connectivity index (χ3n) is 4.00. The normalized spacial score (nSPS) is 11.5. The van der Waals surface area contributed by atoms with Crippen LogP contribution in [0.25, 0.3) is 32.5 Å². The van der Waals surface area contributed by atoms with Gasteiger partial charge in [0.1, 0.15) is 10.0 Å². The second-order valence-corrected chi connectivity index (χ2v) is 7.78. The maximum absolute atomic E-state index is 11.4. The van der Waals surface area contributed by atoms with Crippen molar-refractivity contribution < 1.29 is 0 Å². The number of rotatable bonds is 3. The zero-order chi connectivity index (χ0) is 16.8. The molecule has 0 aliphatic carbocycles. The Morgan fingerprint density at radius 3 is 2.76 bits per heavy atom. The largest absolute Gasteiger partial charge is 0.323 e. The summed E-state index contributed by atoms with van der Waals surface area (Å²) >= 11 is 3.35. The summed E-state index contributed by atoms with van der Waals surface area (Å²) in [4.78, 5) is 26.3. The highest BCUT2D eigenvalue weighted by molar-refractivity contribution is 7.18. The topological polar surface area (TPSA) is 74.4 Å². The van der Waals surface area contributed by atoms with Crippen molar-refractivity contribution >= 4 is 43.9 Å². The van der Waals surface area contributed by atoms with Crippen molar-refractivity contribution in [1.82, 2.24) is 19.9 Å². The van der Waals surface area contributed by atoms with E-state index in [1.165, 1.54) is 4.70 Å². The zero-order valence-electron chi connectivity index (χ0n) is 12.9. The molecular formula is C18H12N4OS2. The van der Waals surface area contributed by atoms with Crippen LogP contribution < -0.4 is 5.69 Å². The van der Waals surface area contributed by atoms with Crippen molar-refractivity contribution in [3.05, 3.63) is 68.3 Å². The summed E-state index contributed by atoms with van der Waals surface area (Å²) in [6.45, 7) is 0. The summed E-state index contributed by atoms with van der Waals surface area (Å²) in [5, 5.41) is 4.17. The van der Waals surface area contributed by atoms with Crippen LogP contribution in [0.3, 0.4) is 0 Å². The Hall–Kier alpha value is -2.77. The number of hydrogen-bond acceptors (Lipinski definition) is 5. The number of hydrogen-bond donors (Lipinski definition) is 2. The van der Waals surface area contributed by atoms with Crippen LogP contribution in [0.1, 0.15) is 10.0 Å². The molecule has 0 radical (unpaired) electrons. The SMILES string of the molecule is O=c1[nH]c2ccc(-c3csc(Cc4nc5ccccc5s4)n3)cc2[nH]1. The predicted molar refractivity (Wildman–Crippen MR) is 102 cm³/mol. The first-order chi connectivity index (χ1) is 12.2. The lowest BCUT2D eigenvalue weighted by Crippen LogP contribution is -1.99. The first kappa shape index (κ1) is 14.6. The van der Waals surface area contributed by atoms with Gasteiger partial charge < -0.3 is 9.97 Å². The van der Waals surface area contributed by atoms with Crippen LogP contribution in [0.4, 0.5) is 0 Å². The van der Waals surface area contributed by atoms with Crippen LogP contribution in [-0.4, -0.2) is 19.9 Å². The third kappa shape index (κ3) is 2.67. The minimum atomic E-state index is -0.193. The Balaban J connectivity index is 1.46. The number of aromatic amines is 2. The molecule has 0 saturated carbocycles. The lowest BCUT2D eigenvalue weighted by Gasteiger charge is -1.96. The highest BCUT2D eigenvalue weighted by atomic mass is 32.1. The number of benzene rings is 2. The number of nitrogens with zero attached hydrogens (tertiary/aromatic N) is 2. The van der Waals surface area contributed by atoms with Gasteiger partial charge in [-0.3, -0.25) is 0 Å². The molecule has 0 bridgehead atoms. The summed E-state index contributed by atoms with van der Waals surface area (Å²) in [5.41, 5.74) is 4.37. The van der Waals surface area contributed by atoms with E-state index in [1.807, 2.05) is 36.4 Å². The number of H-pyrrole nitrogens is 2. The Labute approximate surface area is 150 Å². The van der Waals surface area contributed by atoms with Gasteiger partial charge in [-0.05, 0) is 24.3 Å². The van der Waals surface area contributed by atoms with Crippen molar-refractivity contribution in [2.45, 2.75) is 6.42 Å². The van der Waals surface area contributed by atoms with Crippen molar-refractivity contribution in [3.8, 4) is 11.3 Å². The number of nitrogens with one attached hydrogen (secondary N) is 2. The van der Waals surface area contributed by atoms with Gasteiger partial charge in [0.05, 0.1) is 33.4 Å². The first-order valence-corrected chi connectivity index (χ1v) is 9.45. The fourth-order valence-electron chi connectivity index (χ4n) is 2.84. The van der Waals surface area contributed by atoms with Gasteiger partial charge in [0.15, 0.2) is 0 Å². The van der Waals surface area contributed by atoms with E-state index < -0.39 is 0 Å². The molecule has 3 heterocycles. The summed E-state index contributed by atoms with van der Waals surface area (Å²) in [6.07, 6.45) is 0.743. The van der Waals surface area contributed by atoms with E-state index in [0.717, 1.165) is 44.2 Å². The van der Waals surface area contributed by atoms with Gasteiger partial charge >= 0.3 is 5.69 Å². The predicted octanol–water partition coefficient (Wildman–Crippen LogP) is 4.18. The lowest BCUT2D eigenvalue weighted by molar-refractivity contribution is 1.12. The Morgan fingerprint density at radius 2 is 1.84 bits per heavy atom. The average Bonchev–Trinajstić information content (AvgIpc) is 3.30. The van der Waals surface area contributed by atoms with Crippen LogP contribution in [-0.2, 0) is 6.42 Å².